The van der Waals surface area contributed by atoms with Crippen LogP contribution in [0.3, 0.4) is 0 Å². The molecular weight excluding hydrogens is 485 g/mol. The molecule has 7 nitrogen and oxygen atoms in total. The maximum atomic E-state index is 15.5. The molecule has 4 aliphatic rings. The number of fused-ring (bicyclic) bond motifs is 1. The third kappa shape index (κ3) is 4.21. The minimum absolute atomic E-state index is 0.0145. The average Bonchev–Trinajstić information content (AvgIpc) is 3.44. The van der Waals surface area contributed by atoms with Gasteiger partial charge < -0.3 is 19.9 Å². The van der Waals surface area contributed by atoms with Crippen LogP contribution in [0.5, 0.6) is 0 Å². The van der Waals surface area contributed by atoms with Crippen LogP contribution in [0, 0.1) is 11.3 Å². The van der Waals surface area contributed by atoms with Crippen molar-refractivity contribution in [3.63, 3.8) is 0 Å². The van der Waals surface area contributed by atoms with Gasteiger partial charge in [0.1, 0.15) is 12.0 Å². The van der Waals surface area contributed by atoms with E-state index < -0.39 is 17.8 Å². The highest BCUT2D eigenvalue weighted by atomic mass is 35.5. The zero-order chi connectivity index (χ0) is 25.1. The number of carbonyl (C=O) groups is 1. The smallest absolute Gasteiger partial charge is 0.229 e. The summed E-state index contributed by atoms with van der Waals surface area (Å²) >= 11 is 6.62. The molecule has 36 heavy (non-hydrogen) atoms. The highest BCUT2D eigenvalue weighted by molar-refractivity contribution is 6.32. The number of nitrogens with zero attached hydrogens (tertiary/aromatic N) is 2. The molecule has 2 N–H and O–H groups in total. The van der Waals surface area contributed by atoms with Crippen LogP contribution in [0.4, 0.5) is 10.2 Å². The molecule has 9 heteroatoms. The standard InChI is InChI=1S/C27H33ClFN3O4/c1-26(15-36-14-23(26)33)32-5-2-18(22(29)13-32)19-8-16-10-24(30-12-17(16)9-21(19)28)31-25(34)20-11-27(20)3-6-35-7-4-27/h8-10,12,18,20,22-23,33H,2-7,11,13-15H2,1H3,(H,30,31,34)/t18-,20+,22+,23?,26?/m0/s1. The molecule has 3 aliphatic heterocycles. The highest BCUT2D eigenvalue weighted by Crippen LogP contribution is 2.59. The third-order valence-corrected chi connectivity index (χ3v) is 9.46. The molecule has 2 unspecified atom stereocenters. The summed E-state index contributed by atoms with van der Waals surface area (Å²) in [6, 6.07) is 5.62. The second kappa shape index (κ2) is 9.17. The molecule has 4 heterocycles. The second-order valence-corrected chi connectivity index (χ2v) is 11.7. The van der Waals surface area contributed by atoms with Gasteiger partial charge in [-0.2, -0.15) is 0 Å². The van der Waals surface area contributed by atoms with Crippen LogP contribution in [0.2, 0.25) is 5.02 Å². The van der Waals surface area contributed by atoms with Crippen LogP contribution in [-0.2, 0) is 14.3 Å². The number of alkyl halides is 1. The molecule has 0 radical (unpaired) electrons. The van der Waals surface area contributed by atoms with Gasteiger partial charge in [-0.15, -0.1) is 0 Å². The number of ether oxygens (including phenoxy) is 2. The normalized spacial score (nSPS) is 34.2. The molecule has 1 amide bonds. The summed E-state index contributed by atoms with van der Waals surface area (Å²) in [6.07, 6.45) is 3.34. The van der Waals surface area contributed by atoms with Crippen molar-refractivity contribution in [2.24, 2.45) is 11.3 Å². The van der Waals surface area contributed by atoms with Gasteiger partial charge in [0.05, 0.1) is 24.9 Å². The minimum Gasteiger partial charge on any atom is -0.389 e. The first kappa shape index (κ1) is 24.5. The Morgan fingerprint density at radius 3 is 2.78 bits per heavy atom. The largest absolute Gasteiger partial charge is 0.389 e. The molecule has 194 valence electrons. The number of pyridine rings is 1. The van der Waals surface area contributed by atoms with Crippen molar-refractivity contribution < 1.29 is 23.8 Å². The first-order valence-corrected chi connectivity index (χ1v) is 13.3. The van der Waals surface area contributed by atoms with Crippen LogP contribution in [-0.4, -0.2) is 78.2 Å². The summed E-state index contributed by atoms with van der Waals surface area (Å²) in [4.78, 5) is 19.3. The zero-order valence-corrected chi connectivity index (χ0v) is 21.3. The van der Waals surface area contributed by atoms with Gasteiger partial charge in [0.15, 0.2) is 0 Å². The van der Waals surface area contributed by atoms with Crippen molar-refractivity contribution in [3.8, 4) is 0 Å². The van der Waals surface area contributed by atoms with Crippen molar-refractivity contribution in [2.75, 3.05) is 44.8 Å². The maximum absolute atomic E-state index is 15.5. The Balaban J connectivity index is 1.18. The number of halogens is 2. The molecule has 1 spiro atoms. The molecular formula is C27H33ClFN3O4. The molecule has 1 aliphatic carbocycles. The maximum Gasteiger partial charge on any atom is 0.229 e. The lowest BCUT2D eigenvalue weighted by Gasteiger charge is -2.45. The minimum atomic E-state index is -1.12. The first-order valence-electron chi connectivity index (χ1n) is 12.9. The van der Waals surface area contributed by atoms with Crippen LogP contribution < -0.4 is 5.32 Å². The Morgan fingerprint density at radius 1 is 1.25 bits per heavy atom. The summed E-state index contributed by atoms with van der Waals surface area (Å²) in [5.74, 6) is 0.195. The second-order valence-electron chi connectivity index (χ2n) is 11.3. The number of likely N-dealkylation sites (tertiary alicyclic amines) is 1. The van der Waals surface area contributed by atoms with Crippen LogP contribution in [0.15, 0.2) is 24.4 Å². The van der Waals surface area contributed by atoms with Crippen LogP contribution in [0.25, 0.3) is 10.8 Å². The van der Waals surface area contributed by atoms with E-state index in [1.54, 1.807) is 6.20 Å². The first-order chi connectivity index (χ1) is 17.3. The fourth-order valence-electron chi connectivity index (χ4n) is 6.47. The van der Waals surface area contributed by atoms with E-state index in [9.17, 15) is 9.90 Å². The molecule has 4 fully saturated rings. The summed E-state index contributed by atoms with van der Waals surface area (Å²) in [5, 5.41) is 15.6. The molecule has 5 atom stereocenters. The van der Waals surface area contributed by atoms with Gasteiger partial charge in [-0.05, 0) is 73.7 Å². The number of benzene rings is 1. The van der Waals surface area contributed by atoms with Crippen molar-refractivity contribution in [1.82, 2.24) is 9.88 Å². The average molecular weight is 518 g/mol. The van der Waals surface area contributed by atoms with Gasteiger partial charge in [0.2, 0.25) is 5.91 Å². The molecule has 6 rings (SSSR count). The lowest BCUT2D eigenvalue weighted by molar-refractivity contribution is -0.118. The summed E-state index contributed by atoms with van der Waals surface area (Å²) in [6.45, 7) is 4.96. The number of aliphatic hydroxyl groups excluding tert-OH is 1. The zero-order valence-electron chi connectivity index (χ0n) is 20.5. The molecule has 2 aromatic rings. The number of amides is 1. The number of hydrogen-bond acceptors (Lipinski definition) is 6. The fourth-order valence-corrected chi connectivity index (χ4v) is 6.78. The van der Waals surface area contributed by atoms with Gasteiger partial charge >= 0.3 is 0 Å². The number of aliphatic hydroxyl groups is 1. The Kier molecular flexibility index (Phi) is 6.24. The summed E-state index contributed by atoms with van der Waals surface area (Å²) in [7, 11) is 0. The highest BCUT2D eigenvalue weighted by Gasteiger charge is 2.58. The molecule has 0 bridgehead atoms. The Hall–Kier alpha value is -1.84. The van der Waals surface area contributed by atoms with Gasteiger partial charge in [-0.3, -0.25) is 9.69 Å². The monoisotopic (exact) mass is 517 g/mol. The number of carbonyl (C=O) groups excluding carboxylic acids is 1. The van der Waals surface area contributed by atoms with E-state index in [1.165, 1.54) is 0 Å². The SMILES string of the molecule is CC1(N2CC[C@@H](c3cc4cc(NC(=O)[C@H]5CC56CCOCC6)ncc4cc3Cl)[C@H](F)C2)COCC1O. The number of anilines is 1. The number of aromatic nitrogens is 1. The van der Waals surface area contributed by atoms with Gasteiger partial charge in [-0.1, -0.05) is 11.6 Å². The number of nitrogens with one attached hydrogen (secondary N) is 1. The van der Waals surface area contributed by atoms with Crippen molar-refractivity contribution >= 4 is 34.1 Å². The number of hydrogen-bond donors (Lipinski definition) is 2. The van der Waals surface area contributed by atoms with E-state index in [4.69, 9.17) is 21.1 Å². The predicted molar refractivity (Wildman–Crippen MR) is 135 cm³/mol. The third-order valence-electron chi connectivity index (χ3n) is 9.13. The molecule has 3 saturated heterocycles. The lowest BCUT2D eigenvalue weighted by atomic mass is 9.84. The Morgan fingerprint density at radius 2 is 2.06 bits per heavy atom. The van der Waals surface area contributed by atoms with Crippen molar-refractivity contribution in [2.45, 2.75) is 56.3 Å². The number of rotatable bonds is 4. The van der Waals surface area contributed by atoms with Crippen molar-refractivity contribution in [3.05, 3.63) is 35.0 Å². The molecule has 1 aromatic carbocycles. The molecule has 1 aromatic heterocycles. The van der Waals surface area contributed by atoms with E-state index in [1.807, 2.05) is 30.0 Å². The van der Waals surface area contributed by atoms with Gasteiger partial charge in [0.25, 0.3) is 0 Å². The Labute approximate surface area is 215 Å². The predicted octanol–water partition coefficient (Wildman–Crippen LogP) is 3.92. The lowest BCUT2D eigenvalue weighted by Crippen LogP contribution is -2.58. The van der Waals surface area contributed by atoms with E-state index in [-0.39, 0.29) is 36.3 Å². The van der Waals surface area contributed by atoms with E-state index in [0.29, 0.717) is 30.4 Å². The summed E-state index contributed by atoms with van der Waals surface area (Å²) in [5.41, 5.74) is 0.311. The fraction of sp³-hybridized carbons (Fsp3) is 0.630. The Bertz CT molecular complexity index is 1180. The molecule has 1 saturated carbocycles. The van der Waals surface area contributed by atoms with Crippen LogP contribution >= 0.6 is 11.6 Å². The van der Waals surface area contributed by atoms with Gasteiger partial charge in [0, 0.05) is 48.2 Å². The number of piperidine rings is 1. The topological polar surface area (TPSA) is 83.9 Å². The summed E-state index contributed by atoms with van der Waals surface area (Å²) < 4.78 is 26.4. The quantitative estimate of drug-likeness (QED) is 0.639. The van der Waals surface area contributed by atoms with E-state index in [2.05, 4.69) is 10.3 Å². The van der Waals surface area contributed by atoms with E-state index in [0.717, 1.165) is 48.8 Å². The van der Waals surface area contributed by atoms with Crippen LogP contribution in [0.1, 0.15) is 44.1 Å². The van der Waals surface area contributed by atoms with Crippen molar-refractivity contribution in [1.29, 1.82) is 0 Å². The van der Waals surface area contributed by atoms with Gasteiger partial charge in [-0.25, -0.2) is 9.37 Å². The van der Waals surface area contributed by atoms with E-state index >= 15 is 4.39 Å².